The van der Waals surface area contributed by atoms with Crippen LogP contribution in [-0.2, 0) is 9.59 Å². The fraction of sp³-hybridized carbons (Fsp3) is 0.286. The summed E-state index contributed by atoms with van der Waals surface area (Å²) in [5.74, 6) is -2.70. The number of rotatable bonds is 3. The number of nitrogens with zero attached hydrogens (tertiary/aromatic N) is 2. The van der Waals surface area contributed by atoms with Gasteiger partial charge in [0.05, 0.1) is 0 Å². The third-order valence-corrected chi connectivity index (χ3v) is 3.32. The first kappa shape index (κ1) is 13.9. The van der Waals surface area contributed by atoms with Gasteiger partial charge in [-0.1, -0.05) is 30.3 Å². The molecule has 20 heavy (non-hydrogen) atoms. The summed E-state index contributed by atoms with van der Waals surface area (Å²) in [6.45, 7) is 0. The van der Waals surface area contributed by atoms with Crippen LogP contribution in [0.25, 0.3) is 0 Å². The Kier molecular flexibility index (Phi) is 3.65. The van der Waals surface area contributed by atoms with Gasteiger partial charge < -0.3 is 0 Å². The second kappa shape index (κ2) is 5.24. The third-order valence-electron chi connectivity index (χ3n) is 3.32. The average Bonchev–Trinajstić information content (AvgIpc) is 2.48. The molecule has 0 atom stereocenters. The zero-order valence-electron chi connectivity index (χ0n) is 11.2. The highest BCUT2D eigenvalue weighted by Crippen LogP contribution is 2.20. The predicted molar refractivity (Wildman–Crippen MR) is 69.8 cm³/mol. The second-order valence-corrected chi connectivity index (χ2v) is 4.62. The minimum absolute atomic E-state index is 0.233. The van der Waals surface area contributed by atoms with Crippen LogP contribution in [0.4, 0.5) is 4.79 Å². The van der Waals surface area contributed by atoms with Crippen LogP contribution in [0.3, 0.4) is 0 Å². The lowest BCUT2D eigenvalue weighted by Crippen LogP contribution is -2.57. The van der Waals surface area contributed by atoms with Crippen LogP contribution >= 0.6 is 0 Å². The van der Waals surface area contributed by atoms with E-state index in [2.05, 4.69) is 0 Å². The van der Waals surface area contributed by atoms with E-state index in [9.17, 15) is 19.2 Å². The van der Waals surface area contributed by atoms with E-state index in [0.717, 1.165) is 9.80 Å². The Morgan fingerprint density at radius 1 is 1.00 bits per heavy atom. The van der Waals surface area contributed by atoms with Crippen molar-refractivity contribution in [3.8, 4) is 0 Å². The topological polar surface area (TPSA) is 74.8 Å². The summed E-state index contributed by atoms with van der Waals surface area (Å²) in [6.07, 6.45) is -0.233. The summed E-state index contributed by atoms with van der Waals surface area (Å²) in [6, 6.07) is 7.76. The van der Waals surface area contributed by atoms with Gasteiger partial charge >= 0.3 is 6.03 Å². The molecule has 0 saturated carbocycles. The molecule has 6 nitrogen and oxygen atoms in total. The van der Waals surface area contributed by atoms with Gasteiger partial charge in [0.2, 0.25) is 11.8 Å². The molecular weight excluding hydrogens is 260 g/mol. The maximum atomic E-state index is 12.1. The number of imide groups is 2. The minimum atomic E-state index is -1.13. The number of hydrogen-bond donors (Lipinski definition) is 0. The van der Waals surface area contributed by atoms with Crippen LogP contribution in [0.2, 0.25) is 0 Å². The Morgan fingerprint density at radius 3 is 2.00 bits per heavy atom. The summed E-state index contributed by atoms with van der Waals surface area (Å²) in [5, 5.41) is 0. The Balaban J connectivity index is 2.20. The van der Waals surface area contributed by atoms with Crippen LogP contribution in [0.5, 0.6) is 0 Å². The van der Waals surface area contributed by atoms with Gasteiger partial charge in [-0.25, -0.2) is 4.79 Å². The number of urea groups is 1. The van der Waals surface area contributed by atoms with Crippen LogP contribution in [0, 0.1) is 5.92 Å². The third kappa shape index (κ3) is 2.32. The first-order valence-corrected chi connectivity index (χ1v) is 6.11. The number of benzene rings is 1. The van der Waals surface area contributed by atoms with E-state index >= 15 is 0 Å². The number of ketones is 1. The van der Waals surface area contributed by atoms with Crippen molar-refractivity contribution in [2.24, 2.45) is 5.92 Å². The van der Waals surface area contributed by atoms with E-state index in [1.165, 1.54) is 14.1 Å². The average molecular weight is 274 g/mol. The molecular formula is C14H14N2O4. The molecule has 4 amide bonds. The summed E-state index contributed by atoms with van der Waals surface area (Å²) in [7, 11) is 2.60. The fourth-order valence-corrected chi connectivity index (χ4v) is 2.09. The van der Waals surface area contributed by atoms with Crippen molar-refractivity contribution < 1.29 is 19.2 Å². The summed E-state index contributed by atoms with van der Waals surface area (Å²) in [4.78, 5) is 49.3. The lowest BCUT2D eigenvalue weighted by atomic mass is 9.94. The number of Topliss-reactive ketones (excluding diaryl/α,β-unsaturated/α-hetero) is 1. The van der Waals surface area contributed by atoms with Gasteiger partial charge in [-0.3, -0.25) is 24.2 Å². The van der Waals surface area contributed by atoms with Gasteiger partial charge in [0.25, 0.3) is 0 Å². The van der Waals surface area contributed by atoms with Crippen LogP contribution < -0.4 is 0 Å². The van der Waals surface area contributed by atoms with Gasteiger partial charge in [-0.15, -0.1) is 0 Å². The zero-order chi connectivity index (χ0) is 14.9. The van der Waals surface area contributed by atoms with Gasteiger partial charge in [0, 0.05) is 26.1 Å². The van der Waals surface area contributed by atoms with E-state index in [1.54, 1.807) is 30.3 Å². The number of carbonyl (C=O) groups excluding carboxylic acids is 4. The first-order chi connectivity index (χ1) is 9.43. The largest absolute Gasteiger partial charge is 0.332 e. The van der Waals surface area contributed by atoms with Crippen molar-refractivity contribution in [2.45, 2.75) is 6.42 Å². The molecule has 6 heteroatoms. The lowest BCUT2D eigenvalue weighted by Gasteiger charge is -2.32. The molecule has 0 N–H and O–H groups in total. The molecule has 1 aromatic rings. The highest BCUT2D eigenvalue weighted by Gasteiger charge is 2.43. The van der Waals surface area contributed by atoms with Crippen LogP contribution in [-0.4, -0.2) is 47.5 Å². The molecule has 0 unspecified atom stereocenters. The molecule has 1 aromatic carbocycles. The maximum absolute atomic E-state index is 12.1. The first-order valence-electron chi connectivity index (χ1n) is 6.11. The molecule has 2 rings (SSSR count). The molecule has 104 valence electrons. The van der Waals surface area contributed by atoms with Crippen molar-refractivity contribution in [3.05, 3.63) is 35.9 Å². The number of barbiturate groups is 1. The van der Waals surface area contributed by atoms with Crippen molar-refractivity contribution in [2.75, 3.05) is 14.1 Å². The van der Waals surface area contributed by atoms with E-state index < -0.39 is 23.8 Å². The van der Waals surface area contributed by atoms with Gasteiger partial charge in [0.15, 0.2) is 5.78 Å². The number of carbonyl (C=O) groups is 4. The normalized spacial score (nSPS) is 16.8. The standard InChI is InChI=1S/C14H14N2O4/c1-15-12(18)10(13(19)16(2)14(15)20)8-11(17)9-6-4-3-5-7-9/h3-7,10H,8H2,1-2H3. The summed E-state index contributed by atoms with van der Waals surface area (Å²) < 4.78 is 0. The van der Waals surface area contributed by atoms with Gasteiger partial charge in [0.1, 0.15) is 5.92 Å². The molecule has 1 saturated heterocycles. The molecule has 0 aromatic heterocycles. The Labute approximate surface area is 116 Å². The minimum Gasteiger partial charge on any atom is -0.294 e. The highest BCUT2D eigenvalue weighted by molar-refractivity contribution is 6.17. The van der Waals surface area contributed by atoms with Gasteiger partial charge in [-0.05, 0) is 0 Å². The zero-order valence-corrected chi connectivity index (χ0v) is 11.2. The summed E-state index contributed by atoms with van der Waals surface area (Å²) in [5.41, 5.74) is 0.440. The second-order valence-electron chi connectivity index (χ2n) is 4.62. The monoisotopic (exact) mass is 274 g/mol. The van der Waals surface area contributed by atoms with Crippen LogP contribution in [0.15, 0.2) is 30.3 Å². The van der Waals surface area contributed by atoms with Crippen LogP contribution in [0.1, 0.15) is 16.8 Å². The molecule has 1 fully saturated rings. The van der Waals surface area contributed by atoms with E-state index in [1.807, 2.05) is 0 Å². The molecule has 1 aliphatic heterocycles. The Hall–Kier alpha value is -2.50. The van der Waals surface area contributed by atoms with E-state index in [-0.39, 0.29) is 12.2 Å². The summed E-state index contributed by atoms with van der Waals surface area (Å²) >= 11 is 0. The molecule has 0 radical (unpaired) electrons. The Morgan fingerprint density at radius 2 is 1.50 bits per heavy atom. The quantitative estimate of drug-likeness (QED) is 0.607. The lowest BCUT2D eigenvalue weighted by molar-refractivity contribution is -0.147. The molecule has 0 spiro atoms. The SMILES string of the molecule is CN1C(=O)C(CC(=O)c2ccccc2)C(=O)N(C)C1=O. The molecule has 1 aliphatic rings. The van der Waals surface area contributed by atoms with Crippen molar-refractivity contribution >= 4 is 23.6 Å². The van der Waals surface area contributed by atoms with E-state index in [0.29, 0.717) is 5.56 Å². The molecule has 0 bridgehead atoms. The maximum Gasteiger partial charge on any atom is 0.332 e. The molecule has 1 heterocycles. The van der Waals surface area contributed by atoms with Crippen molar-refractivity contribution in [3.63, 3.8) is 0 Å². The number of amides is 4. The molecule has 0 aliphatic carbocycles. The van der Waals surface area contributed by atoms with Gasteiger partial charge in [-0.2, -0.15) is 0 Å². The number of hydrogen-bond acceptors (Lipinski definition) is 4. The highest BCUT2D eigenvalue weighted by atomic mass is 16.2. The smallest absolute Gasteiger partial charge is 0.294 e. The van der Waals surface area contributed by atoms with Crippen molar-refractivity contribution in [1.29, 1.82) is 0 Å². The fourth-order valence-electron chi connectivity index (χ4n) is 2.09. The van der Waals surface area contributed by atoms with Crippen molar-refractivity contribution in [1.82, 2.24) is 9.80 Å². The Bertz CT molecular complexity index is 558. The predicted octanol–water partition coefficient (Wildman–Crippen LogP) is 0.926. The van der Waals surface area contributed by atoms with E-state index in [4.69, 9.17) is 0 Å².